The van der Waals surface area contributed by atoms with E-state index in [4.69, 9.17) is 5.73 Å². The van der Waals surface area contributed by atoms with Gasteiger partial charge in [0.1, 0.15) is 5.54 Å². The number of piperazine rings is 1. The monoisotopic (exact) mass is 269 g/mol. The minimum Gasteiger partial charge on any atom is -0.352 e. The smallest absolute Gasteiger partial charge is 0.245 e. The van der Waals surface area contributed by atoms with Gasteiger partial charge in [-0.2, -0.15) is 0 Å². The van der Waals surface area contributed by atoms with E-state index < -0.39 is 5.54 Å². The third kappa shape index (κ3) is 4.20. The van der Waals surface area contributed by atoms with Gasteiger partial charge < -0.3 is 16.0 Å². The summed E-state index contributed by atoms with van der Waals surface area (Å²) in [5.41, 5.74) is 5.37. The molecule has 1 rings (SSSR count). The topological polar surface area (TPSA) is 75.4 Å². The molecule has 1 unspecified atom stereocenters. The Morgan fingerprint density at radius 1 is 1.47 bits per heavy atom. The van der Waals surface area contributed by atoms with Gasteiger partial charge >= 0.3 is 0 Å². The summed E-state index contributed by atoms with van der Waals surface area (Å²) < 4.78 is 0. The van der Waals surface area contributed by atoms with Gasteiger partial charge in [-0.25, -0.2) is 0 Å². The van der Waals surface area contributed by atoms with Gasteiger partial charge in [0.15, 0.2) is 0 Å². The van der Waals surface area contributed by atoms with Crippen LogP contribution < -0.4 is 11.1 Å². The summed E-state index contributed by atoms with van der Waals surface area (Å²) in [6.45, 7) is 10.9. The van der Waals surface area contributed by atoms with Crippen molar-refractivity contribution in [2.24, 2.45) is 11.1 Å². The van der Waals surface area contributed by atoms with Crippen molar-refractivity contribution in [3.63, 3.8) is 0 Å². The Hall–Kier alpha value is -1.10. The lowest BCUT2D eigenvalue weighted by molar-refractivity contribution is -0.149. The molecule has 0 radical (unpaired) electrons. The zero-order chi connectivity index (χ0) is 14.8. The predicted molar refractivity (Wildman–Crippen MR) is 75.5 cm³/mol. The Kier molecular flexibility index (Phi) is 4.61. The molecule has 1 saturated heterocycles. The highest BCUT2D eigenvalue weighted by molar-refractivity contribution is 5.92. The van der Waals surface area contributed by atoms with Crippen molar-refractivity contribution in [1.82, 2.24) is 10.2 Å². The zero-order valence-corrected chi connectivity index (χ0v) is 12.7. The van der Waals surface area contributed by atoms with Crippen molar-refractivity contribution in [3.05, 3.63) is 0 Å². The van der Waals surface area contributed by atoms with Crippen molar-refractivity contribution in [1.29, 1.82) is 0 Å². The van der Waals surface area contributed by atoms with E-state index in [0.717, 1.165) is 6.42 Å². The molecular weight excluding hydrogens is 242 g/mol. The lowest BCUT2D eigenvalue weighted by atomic mass is 9.87. The molecule has 3 N–H and O–H groups in total. The van der Waals surface area contributed by atoms with Crippen LogP contribution in [0.4, 0.5) is 0 Å². The van der Waals surface area contributed by atoms with Crippen molar-refractivity contribution in [3.8, 4) is 0 Å². The number of rotatable bonds is 3. The third-order valence-corrected chi connectivity index (χ3v) is 3.46. The summed E-state index contributed by atoms with van der Waals surface area (Å²) >= 11 is 0. The maximum absolute atomic E-state index is 12.3. The van der Waals surface area contributed by atoms with Gasteiger partial charge in [0, 0.05) is 25.6 Å². The number of carbonyl (C=O) groups excluding carboxylic acids is 2. The van der Waals surface area contributed by atoms with Crippen molar-refractivity contribution in [2.45, 2.75) is 59.0 Å². The van der Waals surface area contributed by atoms with Crippen LogP contribution in [0.15, 0.2) is 0 Å². The maximum Gasteiger partial charge on any atom is 0.245 e. The average molecular weight is 269 g/mol. The molecule has 0 aromatic heterocycles. The molecule has 5 heteroatoms. The van der Waals surface area contributed by atoms with E-state index in [1.54, 1.807) is 18.7 Å². The molecule has 1 atom stereocenters. The highest BCUT2D eigenvalue weighted by Gasteiger charge is 2.40. The fourth-order valence-electron chi connectivity index (χ4n) is 2.53. The minimum atomic E-state index is -0.781. The summed E-state index contributed by atoms with van der Waals surface area (Å²) in [5, 5.41) is 2.78. The number of nitrogens with two attached hydrogens (primary N) is 1. The van der Waals surface area contributed by atoms with Crippen LogP contribution in [0.25, 0.3) is 0 Å². The number of nitrogens with zero attached hydrogens (tertiary/aromatic N) is 1. The van der Waals surface area contributed by atoms with E-state index in [9.17, 15) is 9.59 Å². The van der Waals surface area contributed by atoms with E-state index in [1.807, 2.05) is 0 Å². The first-order valence-electron chi connectivity index (χ1n) is 6.88. The molecule has 0 aliphatic carbocycles. The summed E-state index contributed by atoms with van der Waals surface area (Å²) in [4.78, 5) is 25.8. The first-order chi connectivity index (χ1) is 8.54. The van der Waals surface area contributed by atoms with Crippen LogP contribution in [0, 0.1) is 5.41 Å². The molecule has 1 heterocycles. The number of amides is 2. The molecule has 0 aromatic rings. The standard InChI is InChI=1S/C14H27N3O2/c1-13(2,3)9-10(15)8-11(18)17-7-6-16-12(19)14(17,4)5/h10H,6-9,15H2,1-5H3,(H,16,19). The van der Waals surface area contributed by atoms with E-state index in [-0.39, 0.29) is 23.3 Å². The zero-order valence-electron chi connectivity index (χ0n) is 12.7. The first-order valence-corrected chi connectivity index (χ1v) is 6.88. The van der Waals surface area contributed by atoms with Crippen LogP contribution in [0.5, 0.6) is 0 Å². The van der Waals surface area contributed by atoms with Gasteiger partial charge in [-0.05, 0) is 25.7 Å². The van der Waals surface area contributed by atoms with Crippen LogP contribution >= 0.6 is 0 Å². The van der Waals surface area contributed by atoms with E-state index in [2.05, 4.69) is 26.1 Å². The number of carbonyl (C=O) groups is 2. The van der Waals surface area contributed by atoms with Gasteiger partial charge in [-0.1, -0.05) is 20.8 Å². The van der Waals surface area contributed by atoms with Gasteiger partial charge in [0.25, 0.3) is 0 Å². The normalized spacial score (nSPS) is 20.9. The Morgan fingerprint density at radius 2 is 2.05 bits per heavy atom. The summed E-state index contributed by atoms with van der Waals surface area (Å²) in [7, 11) is 0. The van der Waals surface area contributed by atoms with Crippen LogP contribution in [0.1, 0.15) is 47.5 Å². The SMILES string of the molecule is CC(C)(C)CC(N)CC(=O)N1CCNC(=O)C1(C)C. The second kappa shape index (κ2) is 5.49. The Bertz CT molecular complexity index is 358. The molecule has 19 heavy (non-hydrogen) atoms. The van der Waals surface area contributed by atoms with Crippen molar-refractivity contribution < 1.29 is 9.59 Å². The largest absolute Gasteiger partial charge is 0.352 e. The summed E-state index contributed by atoms with van der Waals surface area (Å²) in [5.74, 6) is -0.131. The first kappa shape index (κ1) is 16.0. The highest BCUT2D eigenvalue weighted by atomic mass is 16.2. The second-order valence-corrected chi connectivity index (χ2v) is 7.09. The number of nitrogens with one attached hydrogen (secondary N) is 1. The molecule has 1 aliphatic rings. The highest BCUT2D eigenvalue weighted by Crippen LogP contribution is 2.23. The molecule has 0 saturated carbocycles. The van der Waals surface area contributed by atoms with Gasteiger partial charge in [0.05, 0.1) is 0 Å². The fraction of sp³-hybridized carbons (Fsp3) is 0.857. The van der Waals surface area contributed by atoms with E-state index in [0.29, 0.717) is 19.5 Å². The fourth-order valence-corrected chi connectivity index (χ4v) is 2.53. The lowest BCUT2D eigenvalue weighted by Gasteiger charge is -2.41. The molecule has 5 nitrogen and oxygen atoms in total. The number of hydrogen-bond donors (Lipinski definition) is 2. The van der Waals surface area contributed by atoms with E-state index in [1.165, 1.54) is 0 Å². The Labute approximate surface area is 115 Å². The molecule has 1 fully saturated rings. The van der Waals surface area contributed by atoms with Crippen LogP contribution in [-0.4, -0.2) is 41.4 Å². The average Bonchev–Trinajstić information content (AvgIpc) is 2.18. The summed E-state index contributed by atoms with van der Waals surface area (Å²) in [6, 6.07) is -0.159. The van der Waals surface area contributed by atoms with Crippen LogP contribution in [-0.2, 0) is 9.59 Å². The van der Waals surface area contributed by atoms with Crippen LogP contribution in [0.2, 0.25) is 0 Å². The molecule has 2 amide bonds. The molecular formula is C14H27N3O2. The second-order valence-electron chi connectivity index (χ2n) is 7.09. The quantitative estimate of drug-likeness (QED) is 0.798. The number of hydrogen-bond acceptors (Lipinski definition) is 3. The molecule has 0 aromatic carbocycles. The van der Waals surface area contributed by atoms with Crippen molar-refractivity contribution >= 4 is 11.8 Å². The molecule has 110 valence electrons. The Balaban J connectivity index is 2.65. The molecule has 1 aliphatic heterocycles. The van der Waals surface area contributed by atoms with E-state index >= 15 is 0 Å². The minimum absolute atomic E-state index is 0.0309. The molecule has 0 spiro atoms. The molecule has 0 bridgehead atoms. The van der Waals surface area contributed by atoms with Gasteiger partial charge in [0.2, 0.25) is 11.8 Å². The Morgan fingerprint density at radius 3 is 2.58 bits per heavy atom. The third-order valence-electron chi connectivity index (χ3n) is 3.46. The summed E-state index contributed by atoms with van der Waals surface area (Å²) in [6.07, 6.45) is 1.09. The van der Waals surface area contributed by atoms with Gasteiger partial charge in [-0.3, -0.25) is 9.59 Å². The van der Waals surface area contributed by atoms with Crippen LogP contribution in [0.3, 0.4) is 0 Å². The predicted octanol–water partition coefficient (Wildman–Crippen LogP) is 0.877. The van der Waals surface area contributed by atoms with Crippen molar-refractivity contribution in [2.75, 3.05) is 13.1 Å². The lowest BCUT2D eigenvalue weighted by Crippen LogP contribution is -2.63. The van der Waals surface area contributed by atoms with Gasteiger partial charge in [-0.15, -0.1) is 0 Å². The maximum atomic E-state index is 12.3.